The molecule has 10 rings (SSSR count). The van der Waals surface area contributed by atoms with Crippen molar-refractivity contribution < 1.29 is 18.1 Å². The lowest BCUT2D eigenvalue weighted by atomic mass is 10.0. The topological polar surface area (TPSA) is 56.7 Å². The molecule has 0 aliphatic heterocycles. The van der Waals surface area contributed by atoms with E-state index in [4.69, 9.17) is 18.1 Å². The molecule has 0 amide bonds. The molecule has 234 valence electrons. The molecule has 0 saturated carbocycles. The van der Waals surface area contributed by atoms with E-state index in [9.17, 15) is 0 Å². The van der Waals surface area contributed by atoms with Gasteiger partial charge < -0.3 is 8.98 Å². The first-order chi connectivity index (χ1) is 28.9. The number of benzene rings is 7. The fourth-order valence-electron chi connectivity index (χ4n) is 6.53. The van der Waals surface area contributed by atoms with Gasteiger partial charge in [0.25, 0.3) is 0 Å². The molecule has 5 heteroatoms. The Morgan fingerprint density at radius 3 is 1.62 bits per heavy atom. The van der Waals surface area contributed by atoms with Gasteiger partial charge in [0.15, 0.2) is 17.5 Å². The van der Waals surface area contributed by atoms with Crippen molar-refractivity contribution in [3.63, 3.8) is 0 Å². The molecule has 0 N–H and O–H groups in total. The van der Waals surface area contributed by atoms with Crippen molar-refractivity contribution in [3.8, 4) is 51.0 Å². The van der Waals surface area contributed by atoms with Crippen LogP contribution in [0, 0.1) is 0 Å². The molecule has 0 aliphatic rings. The Kier molecular flexibility index (Phi) is 4.52. The molecule has 50 heavy (non-hydrogen) atoms. The van der Waals surface area contributed by atoms with Gasteiger partial charge in [-0.25, -0.2) is 15.0 Å². The monoisotopic (exact) mass is 650 g/mol. The van der Waals surface area contributed by atoms with Crippen LogP contribution >= 0.6 is 0 Å². The number of hydrogen-bond acceptors (Lipinski definition) is 4. The van der Waals surface area contributed by atoms with Gasteiger partial charge in [0.2, 0.25) is 0 Å². The van der Waals surface area contributed by atoms with Crippen LogP contribution in [0.5, 0.6) is 0 Å². The fraction of sp³-hybridized carbons (Fsp3) is 0. The Labute approximate surface area is 301 Å². The number of aromatic nitrogens is 4. The van der Waals surface area contributed by atoms with E-state index in [0.29, 0.717) is 5.56 Å². The Hall–Kier alpha value is -6.85. The van der Waals surface area contributed by atoms with Gasteiger partial charge in [-0.2, -0.15) is 0 Å². The van der Waals surface area contributed by atoms with Crippen LogP contribution in [0.25, 0.3) is 94.7 Å². The third kappa shape index (κ3) is 4.67. The van der Waals surface area contributed by atoms with Crippen LogP contribution in [-0.2, 0) is 0 Å². The third-order valence-electron chi connectivity index (χ3n) is 8.86. The quantitative estimate of drug-likeness (QED) is 0.186. The summed E-state index contributed by atoms with van der Waals surface area (Å²) in [5.74, 6) is -0.628. The largest absolute Gasteiger partial charge is 0.456 e. The van der Waals surface area contributed by atoms with E-state index in [0.717, 1.165) is 60.6 Å². The van der Waals surface area contributed by atoms with E-state index < -0.39 is 60.4 Å². The average molecular weight is 651 g/mol. The van der Waals surface area contributed by atoms with Crippen LogP contribution in [0.3, 0.4) is 0 Å². The van der Waals surface area contributed by atoms with Crippen molar-refractivity contribution in [2.45, 2.75) is 0 Å². The summed E-state index contributed by atoms with van der Waals surface area (Å²) >= 11 is 0. The number of para-hydroxylation sites is 2. The van der Waals surface area contributed by atoms with E-state index in [1.807, 2.05) is 54.6 Å². The normalized spacial score (nSPS) is 14.4. The fourth-order valence-corrected chi connectivity index (χ4v) is 6.53. The lowest BCUT2D eigenvalue weighted by Gasteiger charge is -2.10. The second-order valence-electron chi connectivity index (χ2n) is 11.7. The highest BCUT2D eigenvalue weighted by molar-refractivity contribution is 6.17. The summed E-state index contributed by atoms with van der Waals surface area (Å²) < 4.78 is 91.9. The van der Waals surface area contributed by atoms with E-state index in [2.05, 4.69) is 62.0 Å². The number of furan rings is 1. The Bertz CT molecular complexity index is 3290. The van der Waals surface area contributed by atoms with E-state index >= 15 is 0 Å². The lowest BCUT2D eigenvalue weighted by Crippen LogP contribution is -2.00. The highest BCUT2D eigenvalue weighted by atomic mass is 16.3. The summed E-state index contributed by atoms with van der Waals surface area (Å²) in [6.07, 6.45) is 0. The minimum Gasteiger partial charge on any atom is -0.456 e. The van der Waals surface area contributed by atoms with Gasteiger partial charge in [-0.05, 0) is 47.5 Å². The summed E-state index contributed by atoms with van der Waals surface area (Å²) in [5.41, 5.74) is 6.35. The molecular weight excluding hydrogens is 613 g/mol. The van der Waals surface area contributed by atoms with Crippen LogP contribution in [0.2, 0.25) is 0 Å². The van der Waals surface area contributed by atoms with Gasteiger partial charge in [0.05, 0.1) is 24.7 Å². The standard InChI is InChI=1S/C45H28N4O/c1-3-11-31(12-4-1)43-46-44(32-13-5-2-6-14-32)48-45(47-43)33-21-19-29(20-22-33)30-23-25-34(26-24-30)49-39-17-9-7-15-35(39)37-28-42-38(27-40(37)49)36-16-8-10-18-41(36)50-42/h1-28H/i1D,2D,3D,4D,5D,6D,11D,12D,13D,14D. The van der Waals surface area contributed by atoms with Gasteiger partial charge in [-0.3, -0.25) is 0 Å². The maximum atomic E-state index is 8.58. The van der Waals surface area contributed by atoms with Crippen LogP contribution < -0.4 is 0 Å². The van der Waals surface area contributed by atoms with Crippen LogP contribution in [0.1, 0.15) is 13.7 Å². The first-order valence-corrected chi connectivity index (χ1v) is 15.9. The molecule has 0 atom stereocenters. The van der Waals surface area contributed by atoms with E-state index in [1.165, 1.54) is 0 Å². The van der Waals surface area contributed by atoms with E-state index in [-0.39, 0.29) is 28.6 Å². The van der Waals surface area contributed by atoms with Crippen LogP contribution in [0.4, 0.5) is 0 Å². The maximum absolute atomic E-state index is 8.58. The molecule has 0 aliphatic carbocycles. The molecule has 3 heterocycles. The van der Waals surface area contributed by atoms with Crippen molar-refractivity contribution in [2.24, 2.45) is 0 Å². The van der Waals surface area contributed by atoms with Gasteiger partial charge in [-0.1, -0.05) is 133 Å². The lowest BCUT2D eigenvalue weighted by molar-refractivity contribution is 0.669. The molecule has 7 aromatic carbocycles. The van der Waals surface area contributed by atoms with Gasteiger partial charge in [0, 0.05) is 43.9 Å². The van der Waals surface area contributed by atoms with Crippen LogP contribution in [0.15, 0.2) is 174 Å². The number of fused-ring (bicyclic) bond motifs is 6. The predicted molar refractivity (Wildman–Crippen MR) is 203 cm³/mol. The Morgan fingerprint density at radius 2 is 0.960 bits per heavy atom. The zero-order valence-electron chi connectivity index (χ0n) is 36.1. The summed E-state index contributed by atoms with van der Waals surface area (Å²) in [4.78, 5) is 13.4. The van der Waals surface area contributed by atoms with Crippen LogP contribution in [-0.4, -0.2) is 19.5 Å². The first-order valence-electron chi connectivity index (χ1n) is 20.9. The number of hydrogen-bond donors (Lipinski definition) is 0. The summed E-state index contributed by atoms with van der Waals surface area (Å²) in [7, 11) is 0. The Balaban J connectivity index is 1.07. The zero-order chi connectivity index (χ0) is 41.7. The molecule has 0 fully saturated rings. The highest BCUT2D eigenvalue weighted by Gasteiger charge is 2.17. The minimum absolute atomic E-state index is 0.00129. The van der Waals surface area contributed by atoms with Crippen molar-refractivity contribution in [2.75, 3.05) is 0 Å². The second-order valence-corrected chi connectivity index (χ2v) is 11.7. The maximum Gasteiger partial charge on any atom is 0.164 e. The molecule has 0 unspecified atom stereocenters. The molecule has 10 aromatic rings. The molecular formula is C45H28N4O. The summed E-state index contributed by atoms with van der Waals surface area (Å²) in [6.45, 7) is 0. The first kappa shape index (κ1) is 19.8. The van der Waals surface area contributed by atoms with Gasteiger partial charge in [0.1, 0.15) is 11.2 Å². The smallest absolute Gasteiger partial charge is 0.164 e. The van der Waals surface area contributed by atoms with Gasteiger partial charge in [-0.15, -0.1) is 0 Å². The highest BCUT2D eigenvalue weighted by Crippen LogP contribution is 2.38. The Morgan fingerprint density at radius 1 is 0.420 bits per heavy atom. The van der Waals surface area contributed by atoms with Crippen molar-refractivity contribution in [1.29, 1.82) is 0 Å². The zero-order valence-corrected chi connectivity index (χ0v) is 26.1. The SMILES string of the molecule is [2H]c1c([2H])c([2H])c(-c2nc(-c3ccc(-c4ccc(-n5c6ccccc6c6cc7oc8ccccc8c7cc65)cc4)cc3)nc(-c3c([2H])c([2H])c([2H])c([2H])c3[2H])n2)c([2H])c1[2H]. The molecule has 0 radical (unpaired) electrons. The van der Waals surface area contributed by atoms with Gasteiger partial charge >= 0.3 is 0 Å². The van der Waals surface area contributed by atoms with E-state index in [1.54, 1.807) is 12.1 Å². The molecule has 0 bridgehead atoms. The molecule has 0 saturated heterocycles. The summed E-state index contributed by atoms with van der Waals surface area (Å²) in [6, 6.07) is 30.2. The number of nitrogens with zero attached hydrogens (tertiary/aromatic N) is 4. The van der Waals surface area contributed by atoms with Crippen molar-refractivity contribution >= 4 is 43.7 Å². The van der Waals surface area contributed by atoms with Crippen molar-refractivity contribution in [1.82, 2.24) is 19.5 Å². The molecule has 0 spiro atoms. The molecule has 3 aromatic heterocycles. The average Bonchev–Trinajstić information content (AvgIpc) is 3.80. The molecule has 5 nitrogen and oxygen atoms in total. The third-order valence-corrected chi connectivity index (χ3v) is 8.86. The summed E-state index contributed by atoms with van der Waals surface area (Å²) in [5, 5.41) is 4.28. The predicted octanol–water partition coefficient (Wildman–Crippen LogP) is 11.5. The number of rotatable bonds is 5. The van der Waals surface area contributed by atoms with Crippen molar-refractivity contribution in [3.05, 3.63) is 170 Å². The second kappa shape index (κ2) is 11.4. The minimum atomic E-state index is -0.602.